The van der Waals surface area contributed by atoms with Crippen LogP contribution < -0.4 is 32.6 Å². The summed E-state index contributed by atoms with van der Waals surface area (Å²) in [6, 6.07) is 22.0. The molecule has 3 aromatic carbocycles. The first-order valence-corrected chi connectivity index (χ1v) is 20.0. The molecule has 4 aromatic heterocycles. The fraction of sp³-hybridized carbons (Fsp3) is 0.132. The van der Waals surface area contributed by atoms with Gasteiger partial charge in [-0.05, 0) is 71.7 Å². The van der Waals surface area contributed by atoms with Crippen LogP contribution in [0.15, 0.2) is 89.5 Å². The van der Waals surface area contributed by atoms with Gasteiger partial charge in [-0.1, -0.05) is 61.6 Å². The van der Waals surface area contributed by atoms with Crippen LogP contribution >= 0.6 is 22.7 Å². The molecule has 7 rings (SSSR count). The van der Waals surface area contributed by atoms with Gasteiger partial charge in [0.1, 0.15) is 32.7 Å². The number of rotatable bonds is 12. The number of anilines is 4. The predicted molar refractivity (Wildman–Crippen MR) is 217 cm³/mol. The van der Waals surface area contributed by atoms with Crippen molar-refractivity contribution in [1.82, 2.24) is 19.9 Å². The minimum absolute atomic E-state index is 0.237. The van der Waals surface area contributed by atoms with Crippen molar-refractivity contribution in [3.05, 3.63) is 113 Å². The molecule has 0 radical (unpaired) electrons. The average Bonchev–Trinajstić information content (AvgIpc) is 3.81. The van der Waals surface area contributed by atoms with Crippen LogP contribution in [0.5, 0.6) is 10.9 Å². The number of para-hydroxylation sites is 2. The van der Waals surface area contributed by atoms with Crippen molar-refractivity contribution in [2.75, 3.05) is 16.9 Å². The Morgan fingerprint density at radius 2 is 1.20 bits per heavy atom. The Morgan fingerprint density at radius 3 is 1.67 bits per heavy atom. The van der Waals surface area contributed by atoms with Crippen LogP contribution in [0.4, 0.5) is 22.7 Å². The normalized spacial score (nSPS) is 11.4. The molecule has 0 aliphatic rings. The molecule has 280 valence electrons. The summed E-state index contributed by atoms with van der Waals surface area (Å²) in [7, 11) is 0. The summed E-state index contributed by atoms with van der Waals surface area (Å²) < 4.78 is 18.0. The van der Waals surface area contributed by atoms with E-state index in [1.54, 1.807) is 30.5 Å². The van der Waals surface area contributed by atoms with E-state index in [1.807, 2.05) is 48.5 Å². The number of nitrogens with one attached hydrogen (secondary N) is 2. The van der Waals surface area contributed by atoms with Gasteiger partial charge in [0, 0.05) is 40.5 Å². The van der Waals surface area contributed by atoms with E-state index >= 15 is 0 Å². The quantitative estimate of drug-likeness (QED) is 0.0805. The lowest BCUT2D eigenvalue weighted by atomic mass is 10.1. The van der Waals surface area contributed by atoms with E-state index in [2.05, 4.69) is 44.4 Å². The maximum absolute atomic E-state index is 12.0. The molecule has 0 fully saturated rings. The van der Waals surface area contributed by atoms with E-state index in [1.165, 1.54) is 35.1 Å². The number of carbonyl (C=O) groups is 3. The highest BCUT2D eigenvalue weighted by molar-refractivity contribution is 7.92. The second-order valence-corrected chi connectivity index (χ2v) is 15.3. The molecule has 3 amide bonds. The number of amides is 3. The lowest BCUT2D eigenvalue weighted by Crippen LogP contribution is -2.14. The molecule has 0 saturated carbocycles. The molecular weight excluding hydrogens is 759 g/mol. The Labute approximate surface area is 326 Å². The van der Waals surface area contributed by atoms with Crippen molar-refractivity contribution in [1.29, 1.82) is 0 Å². The molecule has 1 unspecified atom stereocenters. The Hall–Kier alpha value is -6.14. The van der Waals surface area contributed by atoms with Crippen molar-refractivity contribution in [2.24, 2.45) is 17.2 Å². The monoisotopic (exact) mass is 793 g/mol. The van der Waals surface area contributed by atoms with Crippen molar-refractivity contribution in [3.63, 3.8) is 0 Å². The molecule has 0 bridgehead atoms. The summed E-state index contributed by atoms with van der Waals surface area (Å²) in [5.74, 6) is -1.22. The van der Waals surface area contributed by atoms with Gasteiger partial charge in [0.25, 0.3) is 17.0 Å². The number of nitrogens with two attached hydrogens (primary N) is 3. The summed E-state index contributed by atoms with van der Waals surface area (Å²) in [5, 5.41) is 6.92. The zero-order valence-corrected chi connectivity index (χ0v) is 32.2. The summed E-state index contributed by atoms with van der Waals surface area (Å²) in [4.78, 5) is 53.8. The van der Waals surface area contributed by atoms with E-state index in [0.717, 1.165) is 35.3 Å². The van der Waals surface area contributed by atoms with Gasteiger partial charge in [0.05, 0.1) is 22.5 Å². The molecule has 55 heavy (non-hydrogen) atoms. The first kappa shape index (κ1) is 38.6. The summed E-state index contributed by atoms with van der Waals surface area (Å²) >= 11 is 1.26. The van der Waals surface area contributed by atoms with Gasteiger partial charge < -0.3 is 37.1 Å². The number of fused-ring (bicyclic) bond motifs is 2. The van der Waals surface area contributed by atoms with E-state index in [9.17, 15) is 18.9 Å². The molecule has 7 aromatic rings. The van der Waals surface area contributed by atoms with Gasteiger partial charge in [-0.2, -0.15) is 9.97 Å². The topological polar surface area (TPSA) is 237 Å². The molecular formula is C38H35N9O5S3. The average molecular weight is 794 g/mol. The number of benzene rings is 3. The van der Waals surface area contributed by atoms with Crippen molar-refractivity contribution < 1.29 is 23.7 Å². The van der Waals surface area contributed by atoms with E-state index in [-0.39, 0.29) is 11.1 Å². The first-order valence-electron chi connectivity index (χ1n) is 16.8. The number of thiazole rings is 2. The predicted octanol–water partition coefficient (Wildman–Crippen LogP) is 6.82. The lowest BCUT2D eigenvalue weighted by Gasteiger charge is -2.13. The highest BCUT2D eigenvalue weighted by Gasteiger charge is 2.22. The fourth-order valence-electron chi connectivity index (χ4n) is 5.47. The molecule has 0 saturated heterocycles. The third-order valence-electron chi connectivity index (χ3n) is 8.25. The highest BCUT2D eigenvalue weighted by atomic mass is 32.2. The van der Waals surface area contributed by atoms with Gasteiger partial charge in [0.15, 0.2) is 0 Å². The molecule has 8 N–H and O–H groups in total. The maximum atomic E-state index is 12.0. The van der Waals surface area contributed by atoms with Crippen molar-refractivity contribution in [2.45, 2.75) is 31.0 Å². The Balaban J connectivity index is 0.000000193. The second-order valence-electron chi connectivity index (χ2n) is 11.8. The number of primary amides is 3. The number of aryl methyl sites for hydroxylation is 2. The summed E-state index contributed by atoms with van der Waals surface area (Å²) in [6.45, 7) is 4.11. The molecule has 17 heteroatoms. The molecule has 4 heterocycles. The molecule has 1 atom stereocenters. The van der Waals surface area contributed by atoms with E-state index in [0.29, 0.717) is 52.9 Å². The van der Waals surface area contributed by atoms with Crippen molar-refractivity contribution in [3.8, 4) is 10.9 Å². The third kappa shape index (κ3) is 8.65. The molecule has 14 nitrogen and oxygen atoms in total. The van der Waals surface area contributed by atoms with Gasteiger partial charge in [-0.15, -0.1) is 0 Å². The van der Waals surface area contributed by atoms with E-state index in [4.69, 9.17) is 21.9 Å². The Morgan fingerprint density at radius 1 is 0.709 bits per heavy atom. The Kier molecular flexibility index (Phi) is 11.9. The first-order chi connectivity index (χ1) is 26.5. The van der Waals surface area contributed by atoms with Crippen LogP contribution in [-0.2, 0) is 24.0 Å². The number of pyridine rings is 2. The van der Waals surface area contributed by atoms with Gasteiger partial charge >= 0.3 is 4.34 Å². The molecule has 0 spiro atoms. The second kappa shape index (κ2) is 16.9. The minimum Gasteiger partial charge on any atom is -0.610 e. The van der Waals surface area contributed by atoms with Crippen LogP contribution in [0.25, 0.3) is 20.7 Å². The van der Waals surface area contributed by atoms with E-state index < -0.39 is 28.9 Å². The van der Waals surface area contributed by atoms with Crippen LogP contribution in [0.3, 0.4) is 0 Å². The van der Waals surface area contributed by atoms with Gasteiger partial charge in [0.2, 0.25) is 5.91 Å². The van der Waals surface area contributed by atoms with Gasteiger partial charge in [-0.25, -0.2) is 9.97 Å². The van der Waals surface area contributed by atoms with Crippen LogP contribution in [-0.4, -0.2) is 48.5 Å². The number of carbonyl (C=O) groups excluding carboxylic acids is 3. The number of hydrogen-bond acceptors (Lipinski definition) is 13. The summed E-state index contributed by atoms with van der Waals surface area (Å²) in [6.07, 6.45) is 6.08. The lowest BCUT2D eigenvalue weighted by molar-refractivity contribution is 0.0992. The number of aromatic nitrogens is 4. The smallest absolute Gasteiger partial charge is 0.303 e. The summed E-state index contributed by atoms with van der Waals surface area (Å²) in [5.41, 5.74) is 23.1. The molecule has 0 aliphatic carbocycles. The van der Waals surface area contributed by atoms with Gasteiger partial charge in [-0.3, -0.25) is 14.4 Å². The Bertz CT molecular complexity index is 2540. The molecule has 0 aliphatic heterocycles. The highest BCUT2D eigenvalue weighted by Crippen LogP contribution is 2.37. The standard InChI is InChI=1S/C22H19N5O3S.C16H16N4O2S2/c1-2-12-5-3-4-6-16(12)26-17-15(20(24)29)11-25-21-18(17)27-22(31-21)30-14-9-7-13(8-10-14)19(23)28;1-3-9-6-4-5-7-11(9)19-12-10(14(17)21)8-18-15-13(12)20-16(23-15)24(2)22/h3-11H,2H2,1H3,(H2,23,28)(H2,24,29)(H,25,26);4-8H,3H2,1-2H3,(H2,17,21)(H,18,19). The van der Waals surface area contributed by atoms with Crippen LogP contribution in [0, 0.1) is 0 Å². The number of nitrogens with zero attached hydrogens (tertiary/aromatic N) is 4. The van der Waals surface area contributed by atoms with Crippen LogP contribution in [0.1, 0.15) is 56.0 Å². The fourth-order valence-corrected chi connectivity index (χ4v) is 7.84. The zero-order chi connectivity index (χ0) is 39.2. The SMILES string of the molecule is CCc1ccccc1Nc1c(C(N)=O)cnc2sc(Oc3ccc(C(N)=O)cc3)nc12.CCc1ccccc1Nc1c(C(N)=O)cnc2sc([S+](C)[O-])nc12. The number of hydrogen-bond donors (Lipinski definition) is 5. The van der Waals surface area contributed by atoms with Crippen LogP contribution in [0.2, 0.25) is 0 Å². The number of ether oxygens (including phenoxy) is 1. The maximum Gasteiger partial charge on any atom is 0.303 e. The third-order valence-corrected chi connectivity index (χ3v) is 11.4. The van der Waals surface area contributed by atoms with Crippen molar-refractivity contribution >= 4 is 95.0 Å². The zero-order valence-electron chi connectivity index (χ0n) is 29.8. The largest absolute Gasteiger partial charge is 0.610 e. The minimum atomic E-state index is -1.22.